The van der Waals surface area contributed by atoms with Crippen molar-refractivity contribution in [1.82, 2.24) is 15.0 Å². The summed E-state index contributed by atoms with van der Waals surface area (Å²) >= 11 is 0. The standard InChI is InChI=1S/C39H25N3O/c1-4-10-26(11-5-1)27-16-18-28(19-17-27)31-21-23-35-34(24-31)33-22-20-32(25-36(33)43-35)39-41-37(29-12-6-2-7-13-29)40-38(42-39)30-14-8-3-9-15-30/h1-25H/i20D,21D,22D,23D,24D,25D. The quantitative estimate of drug-likeness (QED) is 0.211. The first-order chi connectivity index (χ1) is 23.8. The summed E-state index contributed by atoms with van der Waals surface area (Å²) in [6.07, 6.45) is 0. The number of fused-ring (bicyclic) bond motifs is 3. The first-order valence-electron chi connectivity index (χ1n) is 16.8. The van der Waals surface area contributed by atoms with Crippen LogP contribution >= 0.6 is 0 Å². The number of nitrogens with zero attached hydrogens (tertiary/aromatic N) is 3. The van der Waals surface area contributed by atoms with Crippen LogP contribution in [-0.4, -0.2) is 15.0 Å². The molecule has 4 heteroatoms. The summed E-state index contributed by atoms with van der Waals surface area (Å²) in [5.41, 5.74) is 3.98. The van der Waals surface area contributed by atoms with Crippen LogP contribution < -0.4 is 0 Å². The average Bonchev–Trinajstić information content (AvgIpc) is 3.56. The number of hydrogen-bond acceptors (Lipinski definition) is 4. The molecular formula is C39H25N3O. The molecular weight excluding hydrogens is 526 g/mol. The second-order valence-electron chi connectivity index (χ2n) is 9.99. The molecule has 0 fully saturated rings. The van der Waals surface area contributed by atoms with E-state index in [2.05, 4.69) is 15.0 Å². The van der Waals surface area contributed by atoms with Gasteiger partial charge >= 0.3 is 0 Å². The van der Waals surface area contributed by atoms with Gasteiger partial charge in [0.2, 0.25) is 0 Å². The SMILES string of the molecule is [2H]c1c(-c2ccc(-c3ccccc3)cc2)c([2H])c2c(oc3c([2H])c(-c4nc(-c5ccccc5)nc(-c5ccccc5)n4)c([2H])c([2H])c32)c1[2H]. The van der Waals surface area contributed by atoms with Crippen molar-refractivity contribution in [1.29, 1.82) is 0 Å². The lowest BCUT2D eigenvalue weighted by Crippen LogP contribution is -2.00. The summed E-state index contributed by atoms with van der Waals surface area (Å²) < 4.78 is 60.5. The highest BCUT2D eigenvalue weighted by Crippen LogP contribution is 2.35. The molecule has 0 bridgehead atoms. The molecule has 0 N–H and O–H groups in total. The lowest BCUT2D eigenvalue weighted by Gasteiger charge is -2.08. The number of benzene rings is 6. The third-order valence-corrected chi connectivity index (χ3v) is 7.21. The maximum atomic E-state index is 9.25. The van der Waals surface area contributed by atoms with Crippen molar-refractivity contribution in [3.05, 3.63) is 152 Å². The minimum absolute atomic E-state index is 0.0242. The molecule has 4 nitrogen and oxygen atoms in total. The maximum Gasteiger partial charge on any atom is 0.164 e. The van der Waals surface area contributed by atoms with Crippen LogP contribution in [0.5, 0.6) is 0 Å². The first-order valence-corrected chi connectivity index (χ1v) is 13.8. The number of aromatic nitrogens is 3. The fourth-order valence-electron chi connectivity index (χ4n) is 5.03. The predicted molar refractivity (Wildman–Crippen MR) is 174 cm³/mol. The van der Waals surface area contributed by atoms with E-state index in [4.69, 9.17) is 9.90 Å². The van der Waals surface area contributed by atoms with Crippen molar-refractivity contribution < 1.29 is 12.6 Å². The molecule has 2 aromatic heterocycles. The van der Waals surface area contributed by atoms with Crippen LogP contribution in [0.2, 0.25) is 0 Å². The Kier molecular flexibility index (Phi) is 4.71. The molecule has 2 heterocycles. The summed E-state index contributed by atoms with van der Waals surface area (Å²) in [6, 6.07) is 34.4. The van der Waals surface area contributed by atoms with Crippen LogP contribution in [0.3, 0.4) is 0 Å². The zero-order valence-electron chi connectivity index (χ0n) is 28.7. The molecule has 0 aliphatic heterocycles. The molecule has 8 rings (SSSR count). The van der Waals surface area contributed by atoms with Crippen molar-refractivity contribution in [2.24, 2.45) is 0 Å². The fraction of sp³-hybridized carbons (Fsp3) is 0. The molecule has 0 amide bonds. The number of rotatable bonds is 5. The van der Waals surface area contributed by atoms with Gasteiger partial charge in [-0.3, -0.25) is 0 Å². The van der Waals surface area contributed by atoms with Gasteiger partial charge in [-0.25, -0.2) is 15.0 Å². The van der Waals surface area contributed by atoms with Gasteiger partial charge in [0.25, 0.3) is 0 Å². The molecule has 6 aromatic carbocycles. The Hall–Kier alpha value is -5.87. The first kappa shape index (κ1) is 19.3. The topological polar surface area (TPSA) is 51.8 Å². The summed E-state index contributed by atoms with van der Waals surface area (Å²) in [6.45, 7) is 0. The Morgan fingerprint density at radius 2 is 0.837 bits per heavy atom. The minimum atomic E-state index is -0.320. The molecule has 0 saturated heterocycles. The van der Waals surface area contributed by atoms with Gasteiger partial charge in [0, 0.05) is 27.5 Å². The van der Waals surface area contributed by atoms with E-state index in [1.807, 2.05) is 115 Å². The van der Waals surface area contributed by atoms with E-state index in [-0.39, 0.29) is 75.1 Å². The summed E-state index contributed by atoms with van der Waals surface area (Å²) in [4.78, 5) is 14.0. The van der Waals surface area contributed by atoms with Crippen LogP contribution in [0.4, 0.5) is 0 Å². The van der Waals surface area contributed by atoms with E-state index in [9.17, 15) is 2.74 Å². The van der Waals surface area contributed by atoms with Crippen LogP contribution in [0.15, 0.2) is 156 Å². The molecule has 202 valence electrons. The molecule has 0 aliphatic carbocycles. The number of furan rings is 1. The molecule has 0 saturated carbocycles. The van der Waals surface area contributed by atoms with Gasteiger partial charge in [-0.15, -0.1) is 0 Å². The Balaban J connectivity index is 1.35. The Morgan fingerprint density at radius 1 is 0.372 bits per heavy atom. The van der Waals surface area contributed by atoms with Gasteiger partial charge in [-0.2, -0.15) is 0 Å². The van der Waals surface area contributed by atoms with E-state index in [0.717, 1.165) is 11.1 Å². The van der Waals surface area contributed by atoms with Crippen molar-refractivity contribution in [2.45, 2.75) is 0 Å². The Bertz CT molecular complexity index is 2480. The molecule has 0 radical (unpaired) electrons. The molecule has 0 atom stereocenters. The van der Waals surface area contributed by atoms with Crippen LogP contribution in [0.1, 0.15) is 8.22 Å². The average molecular weight is 558 g/mol. The largest absolute Gasteiger partial charge is 0.456 e. The Morgan fingerprint density at radius 3 is 1.42 bits per heavy atom. The third-order valence-electron chi connectivity index (χ3n) is 7.21. The Labute approximate surface area is 257 Å². The van der Waals surface area contributed by atoms with Gasteiger partial charge < -0.3 is 4.42 Å². The maximum absolute atomic E-state index is 9.25. The van der Waals surface area contributed by atoms with E-state index in [1.165, 1.54) is 0 Å². The summed E-state index contributed by atoms with van der Waals surface area (Å²) in [5.74, 6) is 0.697. The van der Waals surface area contributed by atoms with E-state index in [1.54, 1.807) is 0 Å². The van der Waals surface area contributed by atoms with Gasteiger partial charge in [0.15, 0.2) is 17.5 Å². The molecule has 8 aromatic rings. The van der Waals surface area contributed by atoms with Crippen molar-refractivity contribution in [3.8, 4) is 56.4 Å². The normalized spacial score (nSPS) is 13.2. The van der Waals surface area contributed by atoms with E-state index < -0.39 is 0 Å². The fourth-order valence-corrected chi connectivity index (χ4v) is 5.03. The molecule has 0 unspecified atom stereocenters. The second kappa shape index (κ2) is 10.5. The van der Waals surface area contributed by atoms with Gasteiger partial charge in [-0.1, -0.05) is 127 Å². The van der Waals surface area contributed by atoms with Crippen molar-refractivity contribution in [2.75, 3.05) is 0 Å². The van der Waals surface area contributed by atoms with E-state index in [0.29, 0.717) is 28.3 Å². The van der Waals surface area contributed by atoms with Crippen LogP contribution in [0, 0.1) is 0 Å². The zero-order chi connectivity index (χ0) is 33.8. The monoisotopic (exact) mass is 557 g/mol. The smallest absolute Gasteiger partial charge is 0.164 e. The highest BCUT2D eigenvalue weighted by molar-refractivity contribution is 6.07. The third kappa shape index (κ3) is 4.75. The lowest BCUT2D eigenvalue weighted by molar-refractivity contribution is 0.669. The predicted octanol–water partition coefficient (Wildman–Crippen LogP) is 10.1. The van der Waals surface area contributed by atoms with Crippen molar-refractivity contribution >= 4 is 21.9 Å². The zero-order valence-corrected chi connectivity index (χ0v) is 22.7. The molecule has 0 spiro atoms. The van der Waals surface area contributed by atoms with Gasteiger partial charge in [-0.05, 0) is 46.4 Å². The van der Waals surface area contributed by atoms with Crippen LogP contribution in [-0.2, 0) is 0 Å². The second-order valence-corrected chi connectivity index (χ2v) is 9.99. The van der Waals surface area contributed by atoms with Crippen molar-refractivity contribution in [3.63, 3.8) is 0 Å². The lowest BCUT2D eigenvalue weighted by atomic mass is 9.99. The number of hydrogen-bond donors (Lipinski definition) is 0. The van der Waals surface area contributed by atoms with E-state index >= 15 is 0 Å². The minimum Gasteiger partial charge on any atom is -0.456 e. The summed E-state index contributed by atoms with van der Waals surface area (Å²) in [5, 5.41) is 0.178. The molecule has 43 heavy (non-hydrogen) atoms. The van der Waals surface area contributed by atoms with Gasteiger partial charge in [0.05, 0.1) is 8.22 Å². The summed E-state index contributed by atoms with van der Waals surface area (Å²) in [7, 11) is 0. The highest BCUT2D eigenvalue weighted by atomic mass is 16.3. The van der Waals surface area contributed by atoms with Crippen LogP contribution in [0.25, 0.3) is 78.4 Å². The molecule has 0 aliphatic rings. The highest BCUT2D eigenvalue weighted by Gasteiger charge is 2.15. The van der Waals surface area contributed by atoms with Gasteiger partial charge in [0.1, 0.15) is 11.2 Å².